The third kappa shape index (κ3) is 23.0. The van der Waals surface area contributed by atoms with Gasteiger partial charge in [-0.25, -0.2) is 74.6 Å². The maximum absolute atomic E-state index is 11.7. The number of sulfonamides is 2. The summed E-state index contributed by atoms with van der Waals surface area (Å²) in [4.78, 5) is 36.7. The van der Waals surface area contributed by atoms with Gasteiger partial charge >= 0.3 is 0 Å². The Hall–Kier alpha value is -12.9. The average molecular weight is 1800 g/mol. The SMILES string of the molecule is CS(=O)(=O)Cl.CS(=O)(=O)Cl.CS(=O)(=O)Nc1ccc2c(-c3cnn(C(CC#N)C4CCCC4)c3)c(NC=O)cnn12.N#CCC(C1CCCC1)n1cc(-c2c(NC=O)cnn3c(N)ccc23)cn1.[C-]#[N+]CC(C1CCCC1)n1cc(-c2c([N+]#[C-])cnn3c(N)ccc23)cn1.[C-]#[N+]CC(C1CCCC1)n1cc(-c2c([N+]#[C-])cnn3c(NS(C)(=O)=O)ccc23)cn1. The summed E-state index contributed by atoms with van der Waals surface area (Å²) in [5.74, 6) is 3.46. The molecule has 12 aromatic heterocycles. The van der Waals surface area contributed by atoms with Crippen molar-refractivity contribution in [1.29, 1.82) is 10.5 Å². The molecule has 0 radical (unpaired) electrons. The van der Waals surface area contributed by atoms with E-state index in [-0.39, 0.29) is 30.0 Å². The van der Waals surface area contributed by atoms with Gasteiger partial charge in [0.1, 0.15) is 35.4 Å². The van der Waals surface area contributed by atoms with Gasteiger partial charge in [0.2, 0.25) is 75.4 Å². The van der Waals surface area contributed by atoms with E-state index in [1.807, 2.05) is 55.6 Å². The summed E-state index contributed by atoms with van der Waals surface area (Å²) in [6.45, 7) is 30.5. The fourth-order valence-corrected chi connectivity index (χ4v) is 17.8. The normalized spacial score (nSPS) is 15.4. The topological polar surface area (TPSA) is 476 Å². The number of nitrogens with one attached hydrogen (secondary N) is 4. The van der Waals surface area contributed by atoms with Crippen LogP contribution in [-0.2, 0) is 47.7 Å². The van der Waals surface area contributed by atoms with Crippen molar-refractivity contribution in [2.75, 3.05) is 69.7 Å². The minimum absolute atomic E-state index is 0.00386. The van der Waals surface area contributed by atoms with Crippen LogP contribution in [0.3, 0.4) is 0 Å². The van der Waals surface area contributed by atoms with Gasteiger partial charge in [-0.15, -0.1) is 0 Å². The van der Waals surface area contributed by atoms with Crippen LogP contribution in [0.2, 0.25) is 0 Å². The molecule has 0 bridgehead atoms. The number of amides is 2. The molecule has 4 atom stereocenters. The van der Waals surface area contributed by atoms with E-state index in [0.29, 0.717) is 125 Å². The van der Waals surface area contributed by atoms with Crippen molar-refractivity contribution in [2.24, 2.45) is 23.7 Å². The highest BCUT2D eigenvalue weighted by Gasteiger charge is 2.34. The monoisotopic (exact) mass is 1800 g/mol. The van der Waals surface area contributed by atoms with Crippen molar-refractivity contribution in [2.45, 2.75) is 140 Å². The Labute approximate surface area is 725 Å². The van der Waals surface area contributed by atoms with Crippen LogP contribution < -0.4 is 31.5 Å². The highest BCUT2D eigenvalue weighted by atomic mass is 35.7. The first-order chi connectivity index (χ1) is 59.3. The number of hydrogen-bond acceptors (Lipinski definition) is 22. The number of nitrogen functional groups attached to an aromatic ring is 2. The second kappa shape index (κ2) is 40.8. The van der Waals surface area contributed by atoms with Crippen LogP contribution in [0, 0.1) is 72.6 Å². The van der Waals surface area contributed by atoms with E-state index >= 15 is 0 Å². The molecule has 12 heterocycles. The molecule has 38 nitrogen and oxygen atoms in total. The number of nitriles is 2. The second-order valence-electron chi connectivity index (χ2n) is 30.4. The van der Waals surface area contributed by atoms with Crippen LogP contribution in [0.1, 0.15) is 140 Å². The molecule has 0 aromatic carbocycles. The minimum atomic E-state index is -3.49. The number of carbonyl (C=O) groups is 2. The number of nitrogens with zero attached hydrogens (tertiary/aromatic N) is 22. The van der Waals surface area contributed by atoms with Gasteiger partial charge in [0.05, 0.1) is 158 Å². The van der Waals surface area contributed by atoms with Gasteiger partial charge in [-0.3, -0.25) is 37.8 Å². The number of fused-ring (bicyclic) bond motifs is 4. The molecule has 44 heteroatoms. The molecular weight excluding hydrogens is 1710 g/mol. The lowest BCUT2D eigenvalue weighted by Gasteiger charge is -2.21. The van der Waals surface area contributed by atoms with Crippen LogP contribution in [0.25, 0.3) is 86.0 Å². The predicted molar refractivity (Wildman–Crippen MR) is 472 cm³/mol. The number of nitrogens with two attached hydrogens (primary N) is 2. The molecule has 648 valence electrons. The van der Waals surface area contributed by atoms with Gasteiger partial charge in [-0.2, -0.15) is 51.3 Å². The van der Waals surface area contributed by atoms with E-state index in [0.717, 1.165) is 121 Å². The zero-order chi connectivity index (χ0) is 89.2. The van der Waals surface area contributed by atoms with Gasteiger partial charge in [0, 0.05) is 90.7 Å². The van der Waals surface area contributed by atoms with Crippen LogP contribution in [0.5, 0.6) is 0 Å². The summed E-state index contributed by atoms with van der Waals surface area (Å²) in [5.41, 5.74) is 22.7. The van der Waals surface area contributed by atoms with Gasteiger partial charge < -0.3 is 31.8 Å². The summed E-state index contributed by atoms with van der Waals surface area (Å²) in [7, 11) is -4.34. The lowest BCUT2D eigenvalue weighted by Crippen LogP contribution is -2.20. The van der Waals surface area contributed by atoms with Gasteiger partial charge in [-0.05, 0) is 124 Å². The molecular formula is C80H90Cl2N28O10S4. The molecule has 4 aliphatic rings. The molecule has 0 saturated heterocycles. The largest absolute Gasteiger partial charge is 0.384 e. The third-order valence-corrected chi connectivity index (χ3v) is 23.0. The maximum Gasteiger partial charge on any atom is 0.237 e. The summed E-state index contributed by atoms with van der Waals surface area (Å²) in [6.07, 6.45) is 45.1. The molecule has 16 rings (SSSR count). The second-order valence-corrected chi connectivity index (χ2v) is 40.0. The molecule has 0 aliphatic heterocycles. The Kier molecular flexibility index (Phi) is 30.2. The van der Waals surface area contributed by atoms with Gasteiger partial charge in [0.25, 0.3) is 0 Å². The van der Waals surface area contributed by atoms with Crippen LogP contribution in [-0.4, -0.2) is 162 Å². The van der Waals surface area contributed by atoms with Gasteiger partial charge in [0.15, 0.2) is 0 Å². The lowest BCUT2D eigenvalue weighted by molar-refractivity contribution is -0.106. The fraction of sp³-hybridized carbons (Fsp3) is 0.400. The van der Waals surface area contributed by atoms with Crippen LogP contribution >= 0.6 is 21.4 Å². The van der Waals surface area contributed by atoms with E-state index in [1.165, 1.54) is 79.0 Å². The first kappa shape index (κ1) is 91.8. The average Bonchev–Trinajstić information content (AvgIpc) is 1.66. The number of carbonyl (C=O) groups excluding carboxylic acids is 2. The molecule has 4 aliphatic carbocycles. The molecule has 8 N–H and O–H groups in total. The predicted octanol–water partition coefficient (Wildman–Crippen LogP) is 13.9. The van der Waals surface area contributed by atoms with Crippen molar-refractivity contribution in [3.63, 3.8) is 0 Å². The van der Waals surface area contributed by atoms with Crippen molar-refractivity contribution in [1.82, 2.24) is 77.6 Å². The summed E-state index contributed by atoms with van der Waals surface area (Å²) in [6, 6.07) is 18.8. The molecule has 124 heavy (non-hydrogen) atoms. The van der Waals surface area contributed by atoms with Gasteiger partial charge in [-0.1, -0.05) is 51.4 Å². The highest BCUT2D eigenvalue weighted by molar-refractivity contribution is 8.13. The zero-order valence-corrected chi connectivity index (χ0v) is 72.7. The molecule has 0 spiro atoms. The highest BCUT2D eigenvalue weighted by Crippen LogP contribution is 2.44. The first-order valence-electron chi connectivity index (χ1n) is 39.3. The molecule has 4 fully saturated rings. The number of rotatable bonds is 24. The van der Waals surface area contributed by atoms with Crippen molar-refractivity contribution in [3.05, 3.63) is 169 Å². The number of anilines is 6. The molecule has 2 amide bonds. The van der Waals surface area contributed by atoms with E-state index in [1.54, 1.807) is 76.4 Å². The molecule has 12 aromatic rings. The van der Waals surface area contributed by atoms with E-state index < -0.39 is 38.1 Å². The fourth-order valence-electron chi connectivity index (χ4n) is 16.7. The summed E-state index contributed by atoms with van der Waals surface area (Å²) < 4.78 is 103. The quantitative estimate of drug-likeness (QED) is 0.0186. The Morgan fingerprint density at radius 2 is 0.702 bits per heavy atom. The molecule has 4 saturated carbocycles. The summed E-state index contributed by atoms with van der Waals surface area (Å²) >= 11 is 0. The molecule has 4 unspecified atom stereocenters. The number of hydrogen-bond donors (Lipinski definition) is 6. The Bertz CT molecular complexity index is 6560. The standard InChI is InChI=1S/C20H23N7O3S.C20H21N7O2S.C19H21N7O.C19H19N7.2CH3ClO2S/c1-31(29,30)25-19-7-6-18-20(16(22-13-28)11-24-27(18)19)15-10-23-26(12-15)17(8-9-21)14-4-2-3-5-14;1-21-12-18(14-6-4-5-7-14)26-13-15(10-23-26)20-16(22-2)11-24-27-17(20)8-9-19(27)25-30(3,28)29;20-8-7-16(13-3-1-2-4-13)25-11-14(9-23-25)19-15(22-12-27)10-24-26-17(19)5-6-18(26)21;1-21-11-17(13-5-3-4-6-13)25-12-14(9-23-25)19-15(22-2)10-24-26-16(19)7-8-18(26)20;2*1-5(2,3)4/h6-7,10-14,17,25H,2-5,8H2,1H3,(H,22,28);8-11,13-14,18,25H,4-7,12H2,3H3;5-6,9-13,16H,1-4,7,21H2,(H,22,27);7-10,12-13,17H,3-6,11,20H2;2*1H3. The van der Waals surface area contributed by atoms with E-state index in [2.05, 4.69) is 114 Å². The third-order valence-electron chi connectivity index (χ3n) is 21.9. The lowest BCUT2D eigenvalue weighted by atomic mass is 9.96. The van der Waals surface area contributed by atoms with E-state index in [9.17, 15) is 53.8 Å². The Morgan fingerprint density at radius 3 is 1.02 bits per heavy atom. The summed E-state index contributed by atoms with van der Waals surface area (Å²) in [5, 5.41) is 59.2. The Balaban J connectivity index is 0.000000155. The maximum atomic E-state index is 11.7. The Morgan fingerprint density at radius 1 is 0.427 bits per heavy atom. The minimum Gasteiger partial charge on any atom is -0.384 e. The van der Waals surface area contributed by atoms with Crippen molar-refractivity contribution >= 4 is 140 Å². The van der Waals surface area contributed by atoms with Crippen LogP contribution in [0.4, 0.5) is 46.0 Å². The van der Waals surface area contributed by atoms with E-state index in [4.69, 9.17) is 37.8 Å². The number of aromatic nitrogens is 16. The zero-order valence-electron chi connectivity index (χ0n) is 67.9. The van der Waals surface area contributed by atoms with Crippen molar-refractivity contribution in [3.8, 4) is 56.6 Å². The smallest absolute Gasteiger partial charge is 0.237 e. The van der Waals surface area contributed by atoms with Crippen molar-refractivity contribution < 1.29 is 43.3 Å². The first-order valence-corrected chi connectivity index (χ1v) is 48.5. The number of halogens is 2. The van der Waals surface area contributed by atoms with Crippen LogP contribution in [0.15, 0.2) is 123 Å².